The summed E-state index contributed by atoms with van der Waals surface area (Å²) in [5.74, 6) is 1.86. The summed E-state index contributed by atoms with van der Waals surface area (Å²) in [6.45, 7) is 2.31. The molecular formula is C12H14N2S. The molecule has 2 unspecified atom stereocenters. The molecule has 1 aliphatic heterocycles. The van der Waals surface area contributed by atoms with Gasteiger partial charge in [-0.1, -0.05) is 18.2 Å². The molecule has 3 rings (SSSR count). The second-order valence-corrected chi connectivity index (χ2v) is 4.84. The van der Waals surface area contributed by atoms with E-state index < -0.39 is 0 Å². The van der Waals surface area contributed by atoms with Gasteiger partial charge in [-0.05, 0) is 42.6 Å². The minimum absolute atomic E-state index is 0.883. The predicted octanol–water partition coefficient (Wildman–Crippen LogP) is 2.34. The number of rotatable bonds is 1. The normalized spacial score (nSPS) is 27.3. The molecule has 78 valence electrons. The van der Waals surface area contributed by atoms with Gasteiger partial charge in [0.15, 0.2) is 5.11 Å². The fourth-order valence-corrected chi connectivity index (χ4v) is 2.55. The van der Waals surface area contributed by atoms with Crippen molar-refractivity contribution in [3.8, 4) is 0 Å². The molecule has 3 heteroatoms. The van der Waals surface area contributed by atoms with Gasteiger partial charge in [-0.2, -0.15) is 0 Å². The quantitative estimate of drug-likeness (QED) is 0.728. The molecule has 0 radical (unpaired) electrons. The van der Waals surface area contributed by atoms with Gasteiger partial charge in [0.2, 0.25) is 0 Å². The molecule has 1 aromatic rings. The molecule has 15 heavy (non-hydrogen) atoms. The summed E-state index contributed by atoms with van der Waals surface area (Å²) < 4.78 is 0. The van der Waals surface area contributed by atoms with Gasteiger partial charge in [0, 0.05) is 18.8 Å². The zero-order chi connectivity index (χ0) is 10.3. The van der Waals surface area contributed by atoms with Crippen LogP contribution in [0.5, 0.6) is 0 Å². The standard InChI is InChI=1S/C12H14N2S/c15-12(13-11-4-2-1-3-5-11)14-7-9-6-10(9)8-14/h1-5,9-10H,6-8H2,(H,13,15). The highest BCUT2D eigenvalue weighted by atomic mass is 32.1. The molecule has 2 atom stereocenters. The van der Waals surface area contributed by atoms with E-state index in [1.54, 1.807) is 0 Å². The van der Waals surface area contributed by atoms with Crippen molar-refractivity contribution in [2.45, 2.75) is 6.42 Å². The van der Waals surface area contributed by atoms with Gasteiger partial charge in [0.25, 0.3) is 0 Å². The van der Waals surface area contributed by atoms with Gasteiger partial charge in [-0.3, -0.25) is 0 Å². The topological polar surface area (TPSA) is 15.3 Å². The summed E-state index contributed by atoms with van der Waals surface area (Å²) in [4.78, 5) is 2.29. The summed E-state index contributed by atoms with van der Waals surface area (Å²) >= 11 is 5.38. The monoisotopic (exact) mass is 218 g/mol. The molecule has 1 aromatic carbocycles. The van der Waals surface area contributed by atoms with Gasteiger partial charge < -0.3 is 10.2 Å². The van der Waals surface area contributed by atoms with Crippen LogP contribution in [0.1, 0.15) is 6.42 Å². The Morgan fingerprint density at radius 1 is 1.20 bits per heavy atom. The summed E-state index contributed by atoms with van der Waals surface area (Å²) in [7, 11) is 0. The molecule has 1 saturated heterocycles. The van der Waals surface area contributed by atoms with Crippen molar-refractivity contribution < 1.29 is 0 Å². The Morgan fingerprint density at radius 2 is 1.87 bits per heavy atom. The smallest absolute Gasteiger partial charge is 0.173 e. The van der Waals surface area contributed by atoms with Crippen LogP contribution in [0.25, 0.3) is 0 Å². The molecule has 0 spiro atoms. The van der Waals surface area contributed by atoms with Crippen LogP contribution >= 0.6 is 12.2 Å². The third-order valence-electron chi connectivity index (χ3n) is 3.29. The fraction of sp³-hybridized carbons (Fsp3) is 0.417. The molecule has 1 aliphatic carbocycles. The van der Waals surface area contributed by atoms with Gasteiger partial charge in [-0.15, -0.1) is 0 Å². The van der Waals surface area contributed by atoms with Crippen LogP contribution in [0, 0.1) is 11.8 Å². The van der Waals surface area contributed by atoms with Crippen LogP contribution in [0.15, 0.2) is 30.3 Å². The number of nitrogens with one attached hydrogen (secondary N) is 1. The lowest BCUT2D eigenvalue weighted by Gasteiger charge is -2.21. The van der Waals surface area contributed by atoms with Crippen molar-refractivity contribution in [1.29, 1.82) is 0 Å². The lowest BCUT2D eigenvalue weighted by molar-refractivity contribution is 0.468. The van der Waals surface area contributed by atoms with Crippen LogP contribution in [-0.4, -0.2) is 23.1 Å². The molecule has 0 aromatic heterocycles. The first-order valence-corrected chi connectivity index (χ1v) is 5.85. The largest absolute Gasteiger partial charge is 0.348 e. The second-order valence-electron chi connectivity index (χ2n) is 4.46. The van der Waals surface area contributed by atoms with Crippen molar-refractivity contribution in [1.82, 2.24) is 4.90 Å². The van der Waals surface area contributed by atoms with E-state index in [1.165, 1.54) is 6.42 Å². The second kappa shape index (κ2) is 3.49. The van der Waals surface area contributed by atoms with E-state index in [2.05, 4.69) is 10.2 Å². The maximum Gasteiger partial charge on any atom is 0.173 e. The van der Waals surface area contributed by atoms with Crippen LogP contribution in [0.2, 0.25) is 0 Å². The van der Waals surface area contributed by atoms with Gasteiger partial charge in [-0.25, -0.2) is 0 Å². The zero-order valence-electron chi connectivity index (χ0n) is 8.52. The highest BCUT2D eigenvalue weighted by molar-refractivity contribution is 7.80. The first-order valence-electron chi connectivity index (χ1n) is 5.44. The van der Waals surface area contributed by atoms with Crippen molar-refractivity contribution in [2.75, 3.05) is 18.4 Å². The van der Waals surface area contributed by atoms with Crippen LogP contribution in [0.3, 0.4) is 0 Å². The lowest BCUT2D eigenvalue weighted by Crippen LogP contribution is -2.34. The number of anilines is 1. The average molecular weight is 218 g/mol. The van der Waals surface area contributed by atoms with E-state index in [0.29, 0.717) is 0 Å². The lowest BCUT2D eigenvalue weighted by atomic mass is 10.3. The molecule has 2 nitrogen and oxygen atoms in total. The molecular weight excluding hydrogens is 204 g/mol. The number of hydrogen-bond acceptors (Lipinski definition) is 1. The molecule has 2 fully saturated rings. The van der Waals surface area contributed by atoms with Crippen LogP contribution in [0.4, 0.5) is 5.69 Å². The number of para-hydroxylation sites is 1. The number of nitrogens with zero attached hydrogens (tertiary/aromatic N) is 1. The molecule has 0 bridgehead atoms. The van der Waals surface area contributed by atoms with E-state index in [0.717, 1.165) is 35.7 Å². The predicted molar refractivity (Wildman–Crippen MR) is 65.8 cm³/mol. The van der Waals surface area contributed by atoms with E-state index in [1.807, 2.05) is 30.3 Å². The Bertz CT molecular complexity index is 366. The molecule has 1 N–H and O–H groups in total. The van der Waals surface area contributed by atoms with Crippen LogP contribution < -0.4 is 5.32 Å². The van der Waals surface area contributed by atoms with Crippen molar-refractivity contribution >= 4 is 23.0 Å². The SMILES string of the molecule is S=C(Nc1ccccc1)N1CC2CC2C1. The Labute approximate surface area is 95.3 Å². The average Bonchev–Trinajstić information content (AvgIpc) is 2.87. The van der Waals surface area contributed by atoms with E-state index >= 15 is 0 Å². The van der Waals surface area contributed by atoms with Crippen molar-refractivity contribution in [3.05, 3.63) is 30.3 Å². The number of piperidine rings is 1. The summed E-state index contributed by atoms with van der Waals surface area (Å²) in [5, 5.41) is 4.17. The number of thiocarbonyl (C=S) groups is 1. The molecule has 1 heterocycles. The number of fused-ring (bicyclic) bond motifs is 1. The molecule has 0 amide bonds. The maximum absolute atomic E-state index is 5.38. The van der Waals surface area contributed by atoms with Crippen LogP contribution in [-0.2, 0) is 0 Å². The molecule has 1 saturated carbocycles. The number of hydrogen-bond donors (Lipinski definition) is 1. The Hall–Kier alpha value is -1.09. The number of benzene rings is 1. The van der Waals surface area contributed by atoms with Gasteiger partial charge >= 0.3 is 0 Å². The Balaban J connectivity index is 1.61. The Morgan fingerprint density at radius 3 is 2.53 bits per heavy atom. The Kier molecular flexibility index (Phi) is 2.13. The molecule has 2 aliphatic rings. The first-order chi connectivity index (χ1) is 7.33. The summed E-state index contributed by atoms with van der Waals surface area (Å²) in [6, 6.07) is 10.1. The highest BCUT2D eigenvalue weighted by Crippen LogP contribution is 2.44. The summed E-state index contributed by atoms with van der Waals surface area (Å²) in [6.07, 6.45) is 1.42. The van der Waals surface area contributed by atoms with E-state index in [9.17, 15) is 0 Å². The number of likely N-dealkylation sites (tertiary alicyclic amines) is 1. The van der Waals surface area contributed by atoms with E-state index in [-0.39, 0.29) is 0 Å². The maximum atomic E-state index is 5.38. The van der Waals surface area contributed by atoms with Gasteiger partial charge in [0.05, 0.1) is 0 Å². The third kappa shape index (κ3) is 1.84. The third-order valence-corrected chi connectivity index (χ3v) is 3.65. The zero-order valence-corrected chi connectivity index (χ0v) is 9.33. The minimum atomic E-state index is 0.883. The summed E-state index contributed by atoms with van der Waals surface area (Å²) in [5.41, 5.74) is 1.09. The van der Waals surface area contributed by atoms with Crippen molar-refractivity contribution in [2.24, 2.45) is 11.8 Å². The minimum Gasteiger partial charge on any atom is -0.348 e. The first kappa shape index (κ1) is 9.16. The fourth-order valence-electron chi connectivity index (χ4n) is 2.29. The highest BCUT2D eigenvalue weighted by Gasteiger charge is 2.45. The van der Waals surface area contributed by atoms with Gasteiger partial charge in [0.1, 0.15) is 0 Å². The van der Waals surface area contributed by atoms with Crippen molar-refractivity contribution in [3.63, 3.8) is 0 Å². The van der Waals surface area contributed by atoms with E-state index in [4.69, 9.17) is 12.2 Å².